The SMILES string of the molecule is Cc1ccc(OCCN(C)C(=O)CCC2Cc3ccccc3NC2=O)cc1. The third-order valence-corrected chi connectivity index (χ3v) is 4.96. The van der Waals surface area contributed by atoms with Gasteiger partial charge in [-0.3, -0.25) is 9.59 Å². The first-order valence-corrected chi connectivity index (χ1v) is 9.35. The van der Waals surface area contributed by atoms with Crippen LogP contribution in [0, 0.1) is 12.8 Å². The molecule has 5 nitrogen and oxygen atoms in total. The third-order valence-electron chi connectivity index (χ3n) is 4.96. The Morgan fingerprint density at radius 2 is 1.93 bits per heavy atom. The van der Waals surface area contributed by atoms with Gasteiger partial charge in [-0.05, 0) is 43.5 Å². The lowest BCUT2D eigenvalue weighted by Gasteiger charge is -2.25. The van der Waals surface area contributed by atoms with E-state index >= 15 is 0 Å². The van der Waals surface area contributed by atoms with Gasteiger partial charge in [-0.2, -0.15) is 0 Å². The number of ether oxygens (including phenoxy) is 1. The lowest BCUT2D eigenvalue weighted by atomic mass is 9.89. The van der Waals surface area contributed by atoms with E-state index in [2.05, 4.69) is 5.32 Å². The molecule has 2 aromatic carbocycles. The van der Waals surface area contributed by atoms with Crippen molar-refractivity contribution in [3.8, 4) is 5.75 Å². The quantitative estimate of drug-likeness (QED) is 0.817. The van der Waals surface area contributed by atoms with Crippen LogP contribution in [0.25, 0.3) is 0 Å². The van der Waals surface area contributed by atoms with Crippen LogP contribution in [0.4, 0.5) is 5.69 Å². The van der Waals surface area contributed by atoms with Gasteiger partial charge in [0.05, 0.1) is 6.54 Å². The summed E-state index contributed by atoms with van der Waals surface area (Å²) in [6.45, 7) is 3.00. The number of nitrogens with zero attached hydrogens (tertiary/aromatic N) is 1. The van der Waals surface area contributed by atoms with Gasteiger partial charge in [0.2, 0.25) is 11.8 Å². The van der Waals surface area contributed by atoms with Gasteiger partial charge in [0.15, 0.2) is 0 Å². The maximum Gasteiger partial charge on any atom is 0.227 e. The number of carbonyl (C=O) groups is 2. The summed E-state index contributed by atoms with van der Waals surface area (Å²) in [5.41, 5.74) is 3.20. The minimum absolute atomic E-state index is 0.00635. The Balaban J connectivity index is 1.42. The first kappa shape index (κ1) is 19.0. The summed E-state index contributed by atoms with van der Waals surface area (Å²) in [5.74, 6) is 0.695. The molecular weight excluding hydrogens is 340 g/mol. The molecule has 1 atom stereocenters. The predicted octanol–water partition coefficient (Wildman–Crippen LogP) is 3.42. The van der Waals surface area contributed by atoms with E-state index in [-0.39, 0.29) is 17.7 Å². The summed E-state index contributed by atoms with van der Waals surface area (Å²) >= 11 is 0. The summed E-state index contributed by atoms with van der Waals surface area (Å²) in [7, 11) is 1.77. The van der Waals surface area contributed by atoms with Gasteiger partial charge in [0.1, 0.15) is 12.4 Å². The molecule has 0 radical (unpaired) electrons. The molecule has 27 heavy (non-hydrogen) atoms. The molecule has 0 aromatic heterocycles. The highest BCUT2D eigenvalue weighted by molar-refractivity contribution is 5.96. The first-order chi connectivity index (χ1) is 13.0. The molecule has 0 bridgehead atoms. The highest BCUT2D eigenvalue weighted by Gasteiger charge is 2.26. The summed E-state index contributed by atoms with van der Waals surface area (Å²) in [6, 6.07) is 15.7. The first-order valence-electron chi connectivity index (χ1n) is 9.35. The van der Waals surface area contributed by atoms with Crippen molar-refractivity contribution in [1.82, 2.24) is 4.90 Å². The third kappa shape index (κ3) is 5.09. The van der Waals surface area contributed by atoms with Crippen LogP contribution >= 0.6 is 0 Å². The number of nitrogens with one attached hydrogen (secondary N) is 1. The lowest BCUT2D eigenvalue weighted by molar-refractivity contribution is -0.130. The molecule has 142 valence electrons. The van der Waals surface area contributed by atoms with E-state index in [1.165, 1.54) is 5.56 Å². The Morgan fingerprint density at radius 3 is 2.70 bits per heavy atom. The minimum Gasteiger partial charge on any atom is -0.492 e. The fraction of sp³-hybridized carbons (Fsp3) is 0.364. The van der Waals surface area contributed by atoms with Crippen LogP contribution in [0.2, 0.25) is 0 Å². The van der Waals surface area contributed by atoms with Gasteiger partial charge < -0.3 is 15.0 Å². The van der Waals surface area contributed by atoms with Gasteiger partial charge in [0, 0.05) is 25.1 Å². The predicted molar refractivity (Wildman–Crippen MR) is 106 cm³/mol. The highest BCUT2D eigenvalue weighted by atomic mass is 16.5. The highest BCUT2D eigenvalue weighted by Crippen LogP contribution is 2.27. The van der Waals surface area contributed by atoms with E-state index in [4.69, 9.17) is 4.74 Å². The zero-order chi connectivity index (χ0) is 19.2. The van der Waals surface area contributed by atoms with Gasteiger partial charge in [-0.15, -0.1) is 0 Å². The average molecular weight is 366 g/mol. The summed E-state index contributed by atoms with van der Waals surface area (Å²) < 4.78 is 5.67. The normalized spacial score (nSPS) is 15.6. The van der Waals surface area contributed by atoms with Gasteiger partial charge in [-0.1, -0.05) is 35.9 Å². The number of hydrogen-bond acceptors (Lipinski definition) is 3. The van der Waals surface area contributed by atoms with E-state index in [1.54, 1.807) is 11.9 Å². The number of anilines is 1. The number of hydrogen-bond donors (Lipinski definition) is 1. The fourth-order valence-electron chi connectivity index (χ4n) is 3.19. The molecular formula is C22H26N2O3. The van der Waals surface area contributed by atoms with Crippen molar-refractivity contribution < 1.29 is 14.3 Å². The zero-order valence-corrected chi connectivity index (χ0v) is 15.9. The molecule has 1 aliphatic rings. The molecule has 0 saturated heterocycles. The molecule has 5 heteroatoms. The molecule has 1 unspecified atom stereocenters. The molecule has 3 rings (SSSR count). The van der Waals surface area contributed by atoms with Crippen LogP contribution < -0.4 is 10.1 Å². The molecule has 0 fully saturated rings. The van der Waals surface area contributed by atoms with Gasteiger partial charge in [-0.25, -0.2) is 0 Å². The van der Waals surface area contributed by atoms with E-state index in [9.17, 15) is 9.59 Å². The molecule has 0 spiro atoms. The Bertz CT molecular complexity index is 801. The number of aryl methyl sites for hydroxylation is 1. The molecule has 2 aromatic rings. The Hall–Kier alpha value is -2.82. The summed E-state index contributed by atoms with van der Waals surface area (Å²) in [5, 5.41) is 2.94. The second-order valence-corrected chi connectivity index (χ2v) is 7.06. The number of para-hydroxylation sites is 1. The maximum absolute atomic E-state index is 12.4. The van der Waals surface area contributed by atoms with Crippen molar-refractivity contribution in [2.24, 2.45) is 5.92 Å². The number of benzene rings is 2. The molecule has 1 heterocycles. The van der Waals surface area contributed by atoms with Crippen LogP contribution in [-0.2, 0) is 16.0 Å². The van der Waals surface area contributed by atoms with Crippen molar-refractivity contribution in [2.45, 2.75) is 26.2 Å². The second kappa shape index (κ2) is 8.71. The number of fused-ring (bicyclic) bond motifs is 1. The number of rotatable bonds is 7. The van der Waals surface area contributed by atoms with E-state index in [0.29, 0.717) is 32.4 Å². The molecule has 1 aliphatic heterocycles. The topological polar surface area (TPSA) is 58.6 Å². The van der Waals surface area contributed by atoms with E-state index in [1.807, 2.05) is 55.5 Å². The largest absolute Gasteiger partial charge is 0.492 e. The Morgan fingerprint density at radius 1 is 1.19 bits per heavy atom. The van der Waals surface area contributed by atoms with Crippen LogP contribution in [0.3, 0.4) is 0 Å². The smallest absolute Gasteiger partial charge is 0.227 e. The Labute approximate surface area is 160 Å². The fourth-order valence-corrected chi connectivity index (χ4v) is 3.19. The van der Waals surface area contributed by atoms with Gasteiger partial charge >= 0.3 is 0 Å². The van der Waals surface area contributed by atoms with Crippen molar-refractivity contribution in [1.29, 1.82) is 0 Å². The van der Waals surface area contributed by atoms with Crippen LogP contribution in [-0.4, -0.2) is 36.9 Å². The Kier molecular flexibility index (Phi) is 6.12. The number of likely N-dealkylation sites (N-methyl/N-ethyl adjacent to an activating group) is 1. The van der Waals surface area contributed by atoms with Crippen molar-refractivity contribution in [2.75, 3.05) is 25.5 Å². The summed E-state index contributed by atoms with van der Waals surface area (Å²) in [6.07, 6.45) is 1.61. The average Bonchev–Trinajstić information content (AvgIpc) is 2.67. The van der Waals surface area contributed by atoms with Crippen molar-refractivity contribution in [3.63, 3.8) is 0 Å². The monoisotopic (exact) mass is 366 g/mol. The summed E-state index contributed by atoms with van der Waals surface area (Å²) in [4.78, 5) is 26.3. The molecule has 2 amide bonds. The lowest BCUT2D eigenvalue weighted by Crippen LogP contribution is -2.33. The van der Waals surface area contributed by atoms with Crippen molar-refractivity contribution >= 4 is 17.5 Å². The standard InChI is InChI=1S/C22H26N2O3/c1-16-7-10-19(11-8-16)27-14-13-24(2)21(25)12-9-18-15-17-5-3-4-6-20(17)23-22(18)26/h3-8,10-11,18H,9,12-15H2,1-2H3,(H,23,26). The maximum atomic E-state index is 12.4. The molecule has 0 aliphatic carbocycles. The van der Waals surface area contributed by atoms with E-state index < -0.39 is 0 Å². The van der Waals surface area contributed by atoms with Crippen LogP contribution in [0.15, 0.2) is 48.5 Å². The number of amides is 2. The van der Waals surface area contributed by atoms with Crippen molar-refractivity contribution in [3.05, 3.63) is 59.7 Å². The van der Waals surface area contributed by atoms with Crippen LogP contribution in [0.1, 0.15) is 24.0 Å². The van der Waals surface area contributed by atoms with E-state index in [0.717, 1.165) is 17.0 Å². The van der Waals surface area contributed by atoms with Gasteiger partial charge in [0.25, 0.3) is 0 Å². The number of carbonyl (C=O) groups excluding carboxylic acids is 2. The minimum atomic E-state index is -0.152. The second-order valence-electron chi connectivity index (χ2n) is 7.06. The molecule has 0 saturated carbocycles. The molecule has 1 N–H and O–H groups in total. The van der Waals surface area contributed by atoms with Crippen LogP contribution in [0.5, 0.6) is 5.75 Å². The zero-order valence-electron chi connectivity index (χ0n) is 15.9.